The van der Waals surface area contributed by atoms with Crippen LogP contribution in [0.2, 0.25) is 0 Å². The summed E-state index contributed by atoms with van der Waals surface area (Å²) in [6.45, 7) is 0.473. The fourth-order valence-electron chi connectivity index (χ4n) is 1.63. The van der Waals surface area contributed by atoms with Gasteiger partial charge in [-0.1, -0.05) is 18.2 Å². The van der Waals surface area contributed by atoms with Crippen LogP contribution in [0, 0.1) is 0 Å². The van der Waals surface area contributed by atoms with Crippen molar-refractivity contribution in [1.82, 2.24) is 9.55 Å². The standard InChI is InChI=1S/C12H14N2O2/c1-16-12-5-3-2-4-10(12)11(15)8-14-7-6-13-9-14/h2-7,9,11,15H,8H2,1H3/t11-/m0/s1. The summed E-state index contributed by atoms with van der Waals surface area (Å²) in [5.74, 6) is 0.704. The fraction of sp³-hybridized carbons (Fsp3) is 0.250. The van der Waals surface area contributed by atoms with Crippen molar-refractivity contribution in [2.75, 3.05) is 7.11 Å². The van der Waals surface area contributed by atoms with Gasteiger partial charge < -0.3 is 14.4 Å². The Kier molecular flexibility index (Phi) is 3.22. The number of aliphatic hydroxyl groups is 1. The van der Waals surface area contributed by atoms with Gasteiger partial charge in [0.05, 0.1) is 20.0 Å². The van der Waals surface area contributed by atoms with Crippen LogP contribution in [0.4, 0.5) is 0 Å². The first-order valence-electron chi connectivity index (χ1n) is 5.08. The third kappa shape index (κ3) is 2.23. The van der Waals surface area contributed by atoms with Crippen LogP contribution < -0.4 is 4.74 Å². The van der Waals surface area contributed by atoms with Crippen LogP contribution in [0.5, 0.6) is 5.75 Å². The van der Waals surface area contributed by atoms with Crippen molar-refractivity contribution in [3.05, 3.63) is 48.5 Å². The van der Waals surface area contributed by atoms with E-state index in [4.69, 9.17) is 4.74 Å². The highest BCUT2D eigenvalue weighted by Crippen LogP contribution is 2.25. The molecule has 4 nitrogen and oxygen atoms in total. The van der Waals surface area contributed by atoms with E-state index in [-0.39, 0.29) is 0 Å². The van der Waals surface area contributed by atoms with E-state index in [1.165, 1.54) is 0 Å². The van der Waals surface area contributed by atoms with E-state index >= 15 is 0 Å². The molecule has 0 fully saturated rings. The number of methoxy groups -OCH3 is 1. The van der Waals surface area contributed by atoms with Crippen LogP contribution in [0.15, 0.2) is 43.0 Å². The predicted molar refractivity (Wildman–Crippen MR) is 60.2 cm³/mol. The number of rotatable bonds is 4. The van der Waals surface area contributed by atoms with Crippen LogP contribution in [-0.2, 0) is 6.54 Å². The molecule has 16 heavy (non-hydrogen) atoms. The lowest BCUT2D eigenvalue weighted by atomic mass is 10.1. The number of hydrogen-bond donors (Lipinski definition) is 1. The molecule has 2 rings (SSSR count). The highest BCUT2D eigenvalue weighted by molar-refractivity contribution is 5.34. The first-order valence-corrected chi connectivity index (χ1v) is 5.08. The quantitative estimate of drug-likeness (QED) is 0.848. The van der Waals surface area contributed by atoms with Crippen LogP contribution in [-0.4, -0.2) is 21.8 Å². The number of ether oxygens (including phenoxy) is 1. The Hall–Kier alpha value is -1.81. The van der Waals surface area contributed by atoms with E-state index in [0.717, 1.165) is 5.56 Å². The van der Waals surface area contributed by atoms with Gasteiger partial charge in [-0.2, -0.15) is 0 Å². The molecular formula is C12H14N2O2. The molecular weight excluding hydrogens is 204 g/mol. The zero-order valence-electron chi connectivity index (χ0n) is 9.08. The maximum Gasteiger partial charge on any atom is 0.124 e. The lowest BCUT2D eigenvalue weighted by molar-refractivity contribution is 0.152. The highest BCUT2D eigenvalue weighted by Gasteiger charge is 2.12. The lowest BCUT2D eigenvalue weighted by Crippen LogP contribution is -2.08. The molecule has 1 N–H and O–H groups in total. The van der Waals surface area contributed by atoms with E-state index in [1.54, 1.807) is 19.6 Å². The topological polar surface area (TPSA) is 47.3 Å². The van der Waals surface area contributed by atoms with Crippen molar-refractivity contribution in [3.63, 3.8) is 0 Å². The second-order valence-corrected chi connectivity index (χ2v) is 3.52. The second-order valence-electron chi connectivity index (χ2n) is 3.52. The van der Waals surface area contributed by atoms with Crippen LogP contribution in [0.1, 0.15) is 11.7 Å². The number of aliphatic hydroxyl groups excluding tert-OH is 1. The van der Waals surface area contributed by atoms with Crippen LogP contribution >= 0.6 is 0 Å². The molecule has 0 saturated carbocycles. The van der Waals surface area contributed by atoms with Gasteiger partial charge in [0.15, 0.2) is 0 Å². The summed E-state index contributed by atoms with van der Waals surface area (Å²) >= 11 is 0. The van der Waals surface area contributed by atoms with Gasteiger partial charge in [0.2, 0.25) is 0 Å². The molecule has 2 aromatic rings. The fourth-order valence-corrected chi connectivity index (χ4v) is 1.63. The molecule has 1 aromatic heterocycles. The molecule has 0 unspecified atom stereocenters. The average molecular weight is 218 g/mol. The molecule has 0 bridgehead atoms. The van der Waals surface area contributed by atoms with Gasteiger partial charge in [-0.15, -0.1) is 0 Å². The van der Waals surface area contributed by atoms with Gasteiger partial charge >= 0.3 is 0 Å². The molecule has 0 aliphatic rings. The lowest BCUT2D eigenvalue weighted by Gasteiger charge is -2.14. The molecule has 1 atom stereocenters. The predicted octanol–water partition coefficient (Wildman–Crippen LogP) is 1.63. The maximum atomic E-state index is 10.1. The molecule has 84 valence electrons. The van der Waals surface area contributed by atoms with E-state index in [9.17, 15) is 5.11 Å². The van der Waals surface area contributed by atoms with E-state index < -0.39 is 6.10 Å². The smallest absolute Gasteiger partial charge is 0.124 e. The third-order valence-corrected chi connectivity index (χ3v) is 2.44. The second kappa shape index (κ2) is 4.81. The van der Waals surface area contributed by atoms with E-state index in [1.807, 2.05) is 35.0 Å². The van der Waals surface area contributed by atoms with Crippen molar-refractivity contribution in [2.45, 2.75) is 12.6 Å². The number of para-hydroxylation sites is 1. The Balaban J connectivity index is 2.17. The van der Waals surface area contributed by atoms with Crippen LogP contribution in [0.3, 0.4) is 0 Å². The van der Waals surface area contributed by atoms with Crippen LogP contribution in [0.25, 0.3) is 0 Å². The number of aromatic nitrogens is 2. The Morgan fingerprint density at radius 1 is 1.44 bits per heavy atom. The number of hydrogen-bond acceptors (Lipinski definition) is 3. The average Bonchev–Trinajstić information content (AvgIpc) is 2.81. The molecule has 0 aliphatic heterocycles. The summed E-state index contributed by atoms with van der Waals surface area (Å²) in [5.41, 5.74) is 0.790. The molecule has 4 heteroatoms. The van der Waals surface area contributed by atoms with Crippen molar-refractivity contribution < 1.29 is 9.84 Å². The van der Waals surface area contributed by atoms with Gasteiger partial charge in [-0.25, -0.2) is 4.98 Å². The zero-order chi connectivity index (χ0) is 11.4. The van der Waals surface area contributed by atoms with E-state index in [0.29, 0.717) is 12.3 Å². The summed E-state index contributed by atoms with van der Waals surface area (Å²) in [6.07, 6.45) is 4.59. The molecule has 1 aromatic carbocycles. The van der Waals surface area contributed by atoms with Gasteiger partial charge in [-0.3, -0.25) is 0 Å². The van der Waals surface area contributed by atoms with Crippen molar-refractivity contribution >= 4 is 0 Å². The maximum absolute atomic E-state index is 10.1. The largest absolute Gasteiger partial charge is 0.496 e. The summed E-state index contributed by atoms with van der Waals surface area (Å²) in [4.78, 5) is 3.93. The van der Waals surface area contributed by atoms with Crippen molar-refractivity contribution in [3.8, 4) is 5.75 Å². The highest BCUT2D eigenvalue weighted by atomic mass is 16.5. The van der Waals surface area contributed by atoms with Gasteiger partial charge in [0.25, 0.3) is 0 Å². The van der Waals surface area contributed by atoms with Crippen molar-refractivity contribution in [2.24, 2.45) is 0 Å². The summed E-state index contributed by atoms with van der Waals surface area (Å²) in [7, 11) is 1.60. The first-order chi connectivity index (χ1) is 7.81. The van der Waals surface area contributed by atoms with E-state index in [2.05, 4.69) is 4.98 Å². The Bertz CT molecular complexity index is 440. The number of benzene rings is 1. The minimum Gasteiger partial charge on any atom is -0.496 e. The molecule has 0 spiro atoms. The molecule has 0 amide bonds. The first kappa shape index (κ1) is 10.7. The molecule has 1 heterocycles. The SMILES string of the molecule is COc1ccccc1[C@@H](O)Cn1ccnc1. The number of imidazole rings is 1. The minimum absolute atomic E-state index is 0.473. The Morgan fingerprint density at radius 2 is 2.25 bits per heavy atom. The normalized spacial score (nSPS) is 12.4. The summed E-state index contributed by atoms with van der Waals surface area (Å²) in [6, 6.07) is 7.47. The third-order valence-electron chi connectivity index (χ3n) is 2.44. The number of nitrogens with zero attached hydrogens (tertiary/aromatic N) is 2. The molecule has 0 radical (unpaired) electrons. The van der Waals surface area contributed by atoms with Crippen molar-refractivity contribution in [1.29, 1.82) is 0 Å². The Labute approximate surface area is 94.1 Å². The summed E-state index contributed by atoms with van der Waals surface area (Å²) in [5, 5.41) is 10.1. The summed E-state index contributed by atoms with van der Waals surface area (Å²) < 4.78 is 7.03. The molecule has 0 aliphatic carbocycles. The van der Waals surface area contributed by atoms with Gasteiger partial charge in [-0.05, 0) is 6.07 Å². The van der Waals surface area contributed by atoms with Gasteiger partial charge in [0.1, 0.15) is 11.9 Å². The Morgan fingerprint density at radius 3 is 2.94 bits per heavy atom. The molecule has 0 saturated heterocycles. The minimum atomic E-state index is -0.592. The zero-order valence-corrected chi connectivity index (χ0v) is 9.08. The van der Waals surface area contributed by atoms with Gasteiger partial charge in [0, 0.05) is 18.0 Å². The monoisotopic (exact) mass is 218 g/mol.